The van der Waals surface area contributed by atoms with E-state index in [0.717, 1.165) is 38.8 Å². The van der Waals surface area contributed by atoms with Crippen LogP contribution >= 0.6 is 0 Å². The molecule has 1 saturated heterocycles. The van der Waals surface area contributed by atoms with Crippen molar-refractivity contribution in [2.45, 2.75) is 63.0 Å². The Kier molecular flexibility index (Phi) is 4.22. The number of nitrogens with zero attached hydrogens (tertiary/aromatic N) is 1. The van der Waals surface area contributed by atoms with Crippen LogP contribution in [0.5, 0.6) is 0 Å². The van der Waals surface area contributed by atoms with Crippen molar-refractivity contribution < 1.29 is 10.2 Å². The molecule has 1 heterocycles. The van der Waals surface area contributed by atoms with E-state index in [2.05, 4.69) is 4.90 Å². The van der Waals surface area contributed by atoms with Gasteiger partial charge in [-0.1, -0.05) is 12.8 Å². The van der Waals surface area contributed by atoms with Crippen LogP contribution in [0.1, 0.15) is 51.4 Å². The molecule has 0 aromatic heterocycles. The molecule has 3 heteroatoms. The molecule has 2 aliphatic rings. The smallest absolute Gasteiger partial charge is 0.0774 e. The molecule has 0 spiro atoms. The van der Waals surface area contributed by atoms with Crippen molar-refractivity contribution >= 4 is 0 Å². The van der Waals surface area contributed by atoms with Crippen LogP contribution in [-0.2, 0) is 0 Å². The molecular formula is C13H25NO2. The molecule has 1 unspecified atom stereocenters. The van der Waals surface area contributed by atoms with Crippen LogP contribution in [-0.4, -0.2) is 46.5 Å². The molecule has 1 atom stereocenters. The van der Waals surface area contributed by atoms with Crippen LogP contribution in [0.4, 0.5) is 0 Å². The highest BCUT2D eigenvalue weighted by Crippen LogP contribution is 2.33. The maximum atomic E-state index is 10.4. The van der Waals surface area contributed by atoms with E-state index in [1.807, 2.05) is 0 Å². The van der Waals surface area contributed by atoms with Crippen LogP contribution in [0.3, 0.4) is 0 Å². The van der Waals surface area contributed by atoms with Gasteiger partial charge in [-0.25, -0.2) is 0 Å². The maximum Gasteiger partial charge on any atom is 0.0774 e. The standard InChI is InChI=1S/C13H25NO2/c15-10-4-6-12-5-3-9-14(12)11-13(16)7-1-2-8-13/h12,15-16H,1-11H2. The van der Waals surface area contributed by atoms with E-state index >= 15 is 0 Å². The largest absolute Gasteiger partial charge is 0.396 e. The van der Waals surface area contributed by atoms with Gasteiger partial charge in [0.15, 0.2) is 0 Å². The zero-order chi connectivity index (χ0) is 11.4. The Morgan fingerprint density at radius 2 is 1.94 bits per heavy atom. The van der Waals surface area contributed by atoms with Crippen LogP contribution in [0.15, 0.2) is 0 Å². The van der Waals surface area contributed by atoms with Crippen molar-refractivity contribution in [2.24, 2.45) is 0 Å². The predicted octanol–water partition coefficient (Wildman–Crippen LogP) is 1.53. The second-order valence-corrected chi connectivity index (χ2v) is 5.56. The molecule has 16 heavy (non-hydrogen) atoms. The van der Waals surface area contributed by atoms with Crippen LogP contribution in [0.25, 0.3) is 0 Å². The van der Waals surface area contributed by atoms with Crippen LogP contribution in [0, 0.1) is 0 Å². The van der Waals surface area contributed by atoms with Crippen molar-refractivity contribution in [2.75, 3.05) is 19.7 Å². The second kappa shape index (κ2) is 5.48. The van der Waals surface area contributed by atoms with Gasteiger partial charge in [0.05, 0.1) is 5.60 Å². The lowest BCUT2D eigenvalue weighted by molar-refractivity contribution is 0.00439. The highest BCUT2D eigenvalue weighted by Gasteiger charge is 2.36. The minimum absolute atomic E-state index is 0.300. The average Bonchev–Trinajstić information content (AvgIpc) is 2.86. The minimum Gasteiger partial charge on any atom is -0.396 e. The van der Waals surface area contributed by atoms with Gasteiger partial charge in [-0.2, -0.15) is 0 Å². The number of aliphatic hydroxyl groups excluding tert-OH is 1. The molecule has 0 amide bonds. The Morgan fingerprint density at radius 1 is 1.19 bits per heavy atom. The van der Waals surface area contributed by atoms with E-state index in [4.69, 9.17) is 5.11 Å². The number of hydrogen-bond acceptors (Lipinski definition) is 3. The molecular weight excluding hydrogens is 202 g/mol. The summed E-state index contributed by atoms with van der Waals surface area (Å²) in [6, 6.07) is 0.608. The lowest BCUT2D eigenvalue weighted by Crippen LogP contribution is -2.43. The molecule has 2 N–H and O–H groups in total. The third-order valence-corrected chi connectivity index (χ3v) is 4.23. The molecule has 0 aromatic carbocycles. The SMILES string of the molecule is OCCCC1CCCN1CC1(O)CCCC1. The summed E-state index contributed by atoms with van der Waals surface area (Å²) >= 11 is 0. The summed E-state index contributed by atoms with van der Waals surface area (Å²) in [4.78, 5) is 2.46. The highest BCUT2D eigenvalue weighted by atomic mass is 16.3. The van der Waals surface area contributed by atoms with Crippen molar-refractivity contribution in [3.05, 3.63) is 0 Å². The maximum absolute atomic E-state index is 10.4. The molecule has 2 fully saturated rings. The van der Waals surface area contributed by atoms with Gasteiger partial charge in [-0.15, -0.1) is 0 Å². The Morgan fingerprint density at radius 3 is 2.62 bits per heavy atom. The molecule has 0 radical (unpaired) electrons. The molecule has 94 valence electrons. The van der Waals surface area contributed by atoms with Gasteiger partial charge >= 0.3 is 0 Å². The fourth-order valence-electron chi connectivity index (χ4n) is 3.33. The fourth-order valence-corrected chi connectivity index (χ4v) is 3.33. The Hall–Kier alpha value is -0.120. The summed E-state index contributed by atoms with van der Waals surface area (Å²) in [5.74, 6) is 0. The van der Waals surface area contributed by atoms with Gasteiger partial charge in [0, 0.05) is 19.2 Å². The Balaban J connectivity index is 1.83. The first kappa shape index (κ1) is 12.3. The molecule has 3 nitrogen and oxygen atoms in total. The quantitative estimate of drug-likeness (QED) is 0.748. The average molecular weight is 227 g/mol. The first-order valence-electron chi connectivity index (χ1n) is 6.81. The van der Waals surface area contributed by atoms with Gasteiger partial charge in [0.2, 0.25) is 0 Å². The normalized spacial score (nSPS) is 30.0. The lowest BCUT2D eigenvalue weighted by atomic mass is 10.0. The number of aliphatic hydroxyl groups is 2. The Bertz CT molecular complexity index is 214. The van der Waals surface area contributed by atoms with Gasteiger partial charge < -0.3 is 10.2 Å². The molecule has 2 rings (SSSR count). The van der Waals surface area contributed by atoms with E-state index < -0.39 is 5.60 Å². The summed E-state index contributed by atoms with van der Waals surface area (Å²) < 4.78 is 0. The third kappa shape index (κ3) is 2.96. The number of β-amino-alcohol motifs (C(OH)–C–C–N with tert-alkyl or cyclic N) is 1. The minimum atomic E-state index is -0.401. The van der Waals surface area contributed by atoms with E-state index in [1.165, 1.54) is 25.7 Å². The van der Waals surface area contributed by atoms with E-state index in [9.17, 15) is 5.11 Å². The Labute approximate surface area is 98.5 Å². The summed E-state index contributed by atoms with van der Waals surface area (Å²) in [6.07, 6.45) is 8.83. The van der Waals surface area contributed by atoms with Crippen LogP contribution < -0.4 is 0 Å². The zero-order valence-electron chi connectivity index (χ0n) is 10.2. The van der Waals surface area contributed by atoms with Crippen molar-refractivity contribution in [3.8, 4) is 0 Å². The second-order valence-electron chi connectivity index (χ2n) is 5.56. The molecule has 1 aliphatic heterocycles. The summed E-state index contributed by atoms with van der Waals surface area (Å²) in [7, 11) is 0. The molecule has 1 saturated carbocycles. The summed E-state index contributed by atoms with van der Waals surface area (Å²) in [5.41, 5.74) is -0.401. The van der Waals surface area contributed by atoms with Crippen LogP contribution in [0.2, 0.25) is 0 Å². The van der Waals surface area contributed by atoms with Gasteiger partial charge in [-0.05, 0) is 45.1 Å². The van der Waals surface area contributed by atoms with Crippen molar-refractivity contribution in [3.63, 3.8) is 0 Å². The molecule has 1 aliphatic carbocycles. The first-order valence-corrected chi connectivity index (χ1v) is 6.81. The topological polar surface area (TPSA) is 43.7 Å². The van der Waals surface area contributed by atoms with Gasteiger partial charge in [0.1, 0.15) is 0 Å². The van der Waals surface area contributed by atoms with E-state index in [1.54, 1.807) is 0 Å². The lowest BCUT2D eigenvalue weighted by Gasteiger charge is -2.32. The highest BCUT2D eigenvalue weighted by molar-refractivity contribution is 4.91. The molecule has 0 bridgehead atoms. The first-order chi connectivity index (χ1) is 7.73. The zero-order valence-corrected chi connectivity index (χ0v) is 10.2. The van der Waals surface area contributed by atoms with Crippen molar-refractivity contribution in [1.29, 1.82) is 0 Å². The number of likely N-dealkylation sites (tertiary alicyclic amines) is 1. The predicted molar refractivity (Wildman–Crippen MR) is 64.3 cm³/mol. The van der Waals surface area contributed by atoms with Crippen molar-refractivity contribution in [1.82, 2.24) is 4.90 Å². The monoisotopic (exact) mass is 227 g/mol. The number of rotatable bonds is 5. The van der Waals surface area contributed by atoms with E-state index in [-0.39, 0.29) is 0 Å². The fraction of sp³-hybridized carbons (Fsp3) is 1.00. The third-order valence-electron chi connectivity index (χ3n) is 4.23. The number of hydrogen-bond donors (Lipinski definition) is 2. The van der Waals surface area contributed by atoms with E-state index in [0.29, 0.717) is 12.6 Å². The van der Waals surface area contributed by atoms with Gasteiger partial charge in [0.25, 0.3) is 0 Å². The molecule has 0 aromatic rings. The summed E-state index contributed by atoms with van der Waals surface area (Å²) in [6.45, 7) is 2.30. The van der Waals surface area contributed by atoms with Gasteiger partial charge in [-0.3, -0.25) is 4.90 Å². The summed E-state index contributed by atoms with van der Waals surface area (Å²) in [5, 5.41) is 19.3.